The number of likely N-dealkylation sites (N-methyl/N-ethyl adjacent to an activating group) is 1. The summed E-state index contributed by atoms with van der Waals surface area (Å²) in [6, 6.07) is 8.60. The molecule has 0 aliphatic carbocycles. The molecular weight excluding hydrogens is 246 g/mol. The van der Waals surface area contributed by atoms with Crippen molar-refractivity contribution in [3.05, 3.63) is 34.9 Å². The van der Waals surface area contributed by atoms with Crippen molar-refractivity contribution < 1.29 is 4.74 Å². The molecule has 0 bridgehead atoms. The predicted molar refractivity (Wildman–Crippen MR) is 78.3 cm³/mol. The van der Waals surface area contributed by atoms with Crippen LogP contribution >= 0.6 is 11.6 Å². The van der Waals surface area contributed by atoms with E-state index in [-0.39, 0.29) is 0 Å². The maximum absolute atomic E-state index is 6.01. The average molecular weight is 270 g/mol. The quantitative estimate of drug-likeness (QED) is 0.777. The molecule has 1 rings (SSSR count). The SMILES string of the molecule is CCNC(CCC(C)OC)Cc1cccc(Cl)c1. The van der Waals surface area contributed by atoms with Crippen LogP contribution in [-0.2, 0) is 11.2 Å². The lowest BCUT2D eigenvalue weighted by Crippen LogP contribution is -2.31. The molecule has 0 fully saturated rings. The van der Waals surface area contributed by atoms with E-state index in [1.807, 2.05) is 18.2 Å². The van der Waals surface area contributed by atoms with E-state index in [0.29, 0.717) is 12.1 Å². The molecule has 18 heavy (non-hydrogen) atoms. The van der Waals surface area contributed by atoms with E-state index in [4.69, 9.17) is 16.3 Å². The van der Waals surface area contributed by atoms with E-state index >= 15 is 0 Å². The van der Waals surface area contributed by atoms with Crippen molar-refractivity contribution in [2.24, 2.45) is 0 Å². The molecule has 0 spiro atoms. The predicted octanol–water partition coefficient (Wildman–Crippen LogP) is 3.68. The van der Waals surface area contributed by atoms with Crippen molar-refractivity contribution in [1.29, 1.82) is 0 Å². The van der Waals surface area contributed by atoms with Crippen LogP contribution < -0.4 is 5.32 Å². The van der Waals surface area contributed by atoms with E-state index in [1.54, 1.807) is 7.11 Å². The van der Waals surface area contributed by atoms with Crippen molar-refractivity contribution in [2.75, 3.05) is 13.7 Å². The molecule has 2 unspecified atom stereocenters. The molecule has 0 heterocycles. The third-order valence-electron chi connectivity index (χ3n) is 3.19. The minimum Gasteiger partial charge on any atom is -0.382 e. The second kappa shape index (κ2) is 8.52. The van der Waals surface area contributed by atoms with Crippen molar-refractivity contribution in [3.8, 4) is 0 Å². The van der Waals surface area contributed by atoms with Gasteiger partial charge >= 0.3 is 0 Å². The third kappa shape index (κ3) is 5.85. The summed E-state index contributed by atoms with van der Waals surface area (Å²) in [7, 11) is 1.77. The first-order chi connectivity index (χ1) is 8.65. The molecule has 0 saturated carbocycles. The molecule has 102 valence electrons. The van der Waals surface area contributed by atoms with Gasteiger partial charge in [0.2, 0.25) is 0 Å². The average Bonchev–Trinajstić information content (AvgIpc) is 2.36. The molecule has 0 amide bonds. The molecule has 0 aliphatic rings. The van der Waals surface area contributed by atoms with E-state index in [0.717, 1.165) is 30.8 Å². The van der Waals surface area contributed by atoms with Crippen molar-refractivity contribution in [2.45, 2.75) is 45.3 Å². The smallest absolute Gasteiger partial charge is 0.0543 e. The number of nitrogens with one attached hydrogen (secondary N) is 1. The first-order valence-corrected chi connectivity index (χ1v) is 7.04. The lowest BCUT2D eigenvalue weighted by molar-refractivity contribution is 0.106. The molecule has 2 nitrogen and oxygen atoms in total. The number of halogens is 1. The van der Waals surface area contributed by atoms with Crippen molar-refractivity contribution >= 4 is 11.6 Å². The number of hydrogen-bond donors (Lipinski definition) is 1. The van der Waals surface area contributed by atoms with Crippen LogP contribution in [0.5, 0.6) is 0 Å². The van der Waals surface area contributed by atoms with Gasteiger partial charge in [-0.25, -0.2) is 0 Å². The second-order valence-corrected chi connectivity index (χ2v) is 5.15. The molecule has 0 saturated heterocycles. The Balaban J connectivity index is 2.51. The highest BCUT2D eigenvalue weighted by Crippen LogP contribution is 2.14. The number of methoxy groups -OCH3 is 1. The zero-order valence-electron chi connectivity index (χ0n) is 11.6. The Morgan fingerprint density at radius 3 is 2.72 bits per heavy atom. The van der Waals surface area contributed by atoms with Gasteiger partial charge in [0.15, 0.2) is 0 Å². The standard InChI is InChI=1S/C15H24ClNO/c1-4-17-15(9-8-12(2)18-3)11-13-6-5-7-14(16)10-13/h5-7,10,12,15,17H,4,8-9,11H2,1-3H3. The lowest BCUT2D eigenvalue weighted by atomic mass is 10.0. The van der Waals surface area contributed by atoms with Crippen molar-refractivity contribution in [1.82, 2.24) is 5.32 Å². The molecule has 1 aromatic carbocycles. The van der Waals surface area contributed by atoms with Gasteiger partial charge in [-0.05, 0) is 50.4 Å². The number of ether oxygens (including phenoxy) is 1. The van der Waals surface area contributed by atoms with Gasteiger partial charge in [-0.1, -0.05) is 30.7 Å². The zero-order chi connectivity index (χ0) is 13.4. The van der Waals surface area contributed by atoms with E-state index in [9.17, 15) is 0 Å². The minimum atomic E-state index is 0.325. The normalized spacial score (nSPS) is 14.4. The van der Waals surface area contributed by atoms with Gasteiger partial charge in [0.05, 0.1) is 6.10 Å². The fourth-order valence-corrected chi connectivity index (χ4v) is 2.28. The van der Waals surface area contributed by atoms with Crippen LogP contribution in [0, 0.1) is 0 Å². The summed E-state index contributed by atoms with van der Waals surface area (Å²) in [6.07, 6.45) is 3.54. The molecule has 1 N–H and O–H groups in total. The van der Waals surface area contributed by atoms with E-state index in [1.165, 1.54) is 5.56 Å². The number of rotatable bonds is 8. The first kappa shape index (κ1) is 15.5. The van der Waals surface area contributed by atoms with Crippen LogP contribution in [0.3, 0.4) is 0 Å². The van der Waals surface area contributed by atoms with E-state index in [2.05, 4.69) is 25.2 Å². The Morgan fingerprint density at radius 2 is 2.11 bits per heavy atom. The largest absolute Gasteiger partial charge is 0.382 e. The van der Waals surface area contributed by atoms with Crippen LogP contribution in [-0.4, -0.2) is 25.8 Å². The molecule has 2 atom stereocenters. The summed E-state index contributed by atoms with van der Waals surface area (Å²) >= 11 is 6.01. The summed E-state index contributed by atoms with van der Waals surface area (Å²) in [4.78, 5) is 0. The van der Waals surface area contributed by atoms with E-state index < -0.39 is 0 Å². The van der Waals surface area contributed by atoms with Gasteiger partial charge < -0.3 is 10.1 Å². The minimum absolute atomic E-state index is 0.325. The lowest BCUT2D eigenvalue weighted by Gasteiger charge is -2.20. The molecule has 1 aromatic rings. The molecule has 0 radical (unpaired) electrons. The fraction of sp³-hybridized carbons (Fsp3) is 0.600. The molecular formula is C15H24ClNO. The Hall–Kier alpha value is -0.570. The second-order valence-electron chi connectivity index (χ2n) is 4.71. The van der Waals surface area contributed by atoms with Gasteiger partial charge in [-0.3, -0.25) is 0 Å². The van der Waals surface area contributed by atoms with Gasteiger partial charge in [0.1, 0.15) is 0 Å². The van der Waals surface area contributed by atoms with Crippen LogP contribution in [0.4, 0.5) is 0 Å². The van der Waals surface area contributed by atoms with Gasteiger partial charge in [0.25, 0.3) is 0 Å². The monoisotopic (exact) mass is 269 g/mol. The Bertz CT molecular complexity index is 343. The summed E-state index contributed by atoms with van der Waals surface area (Å²) in [5, 5.41) is 4.34. The summed E-state index contributed by atoms with van der Waals surface area (Å²) < 4.78 is 5.30. The summed E-state index contributed by atoms with van der Waals surface area (Å²) in [5.74, 6) is 0. The molecule has 0 aromatic heterocycles. The topological polar surface area (TPSA) is 21.3 Å². The maximum Gasteiger partial charge on any atom is 0.0543 e. The zero-order valence-corrected chi connectivity index (χ0v) is 12.3. The van der Waals surface area contributed by atoms with Gasteiger partial charge in [0, 0.05) is 18.2 Å². The highest BCUT2D eigenvalue weighted by atomic mass is 35.5. The first-order valence-electron chi connectivity index (χ1n) is 6.66. The van der Waals surface area contributed by atoms with Gasteiger partial charge in [-0.15, -0.1) is 0 Å². The Morgan fingerprint density at radius 1 is 1.33 bits per heavy atom. The Labute approximate surface area is 116 Å². The van der Waals surface area contributed by atoms with Crippen LogP contribution in [0.2, 0.25) is 5.02 Å². The van der Waals surface area contributed by atoms with Crippen LogP contribution in [0.15, 0.2) is 24.3 Å². The Kier molecular flexibility index (Phi) is 7.33. The summed E-state index contributed by atoms with van der Waals surface area (Å²) in [5.41, 5.74) is 1.29. The number of benzene rings is 1. The third-order valence-corrected chi connectivity index (χ3v) is 3.42. The maximum atomic E-state index is 6.01. The van der Waals surface area contributed by atoms with Gasteiger partial charge in [-0.2, -0.15) is 0 Å². The summed E-state index contributed by atoms with van der Waals surface area (Å²) in [6.45, 7) is 5.25. The van der Waals surface area contributed by atoms with Crippen LogP contribution in [0.1, 0.15) is 32.3 Å². The highest BCUT2D eigenvalue weighted by Gasteiger charge is 2.10. The van der Waals surface area contributed by atoms with Crippen molar-refractivity contribution in [3.63, 3.8) is 0 Å². The highest BCUT2D eigenvalue weighted by molar-refractivity contribution is 6.30. The van der Waals surface area contributed by atoms with Crippen LogP contribution in [0.25, 0.3) is 0 Å². The fourth-order valence-electron chi connectivity index (χ4n) is 2.07. The number of hydrogen-bond acceptors (Lipinski definition) is 2. The molecule has 0 aliphatic heterocycles. The molecule has 3 heteroatoms.